The molecule has 0 bridgehead atoms. The van der Waals surface area contributed by atoms with E-state index in [0.717, 1.165) is 48.8 Å². The van der Waals surface area contributed by atoms with Crippen LogP contribution >= 0.6 is 11.7 Å². The first-order valence-corrected chi connectivity index (χ1v) is 7.37. The van der Waals surface area contributed by atoms with Crippen molar-refractivity contribution < 1.29 is 4.74 Å². The van der Waals surface area contributed by atoms with Crippen molar-refractivity contribution in [1.29, 1.82) is 0 Å². The number of aromatic nitrogens is 2. The Hall–Kier alpha value is -1.62. The third kappa shape index (κ3) is 3.67. The molecule has 19 heavy (non-hydrogen) atoms. The number of nitrogens with zero attached hydrogens (tertiary/aromatic N) is 2. The molecule has 1 aromatic carbocycles. The van der Waals surface area contributed by atoms with Gasteiger partial charge in [-0.2, -0.15) is 8.75 Å². The average Bonchev–Trinajstić information content (AvgIpc) is 2.92. The Morgan fingerprint density at radius 2 is 1.89 bits per heavy atom. The topological polar surface area (TPSA) is 47.0 Å². The highest BCUT2D eigenvalue weighted by atomic mass is 32.1. The summed E-state index contributed by atoms with van der Waals surface area (Å²) in [6.07, 6.45) is 2.09. The Morgan fingerprint density at radius 3 is 2.58 bits per heavy atom. The lowest BCUT2D eigenvalue weighted by Gasteiger charge is -2.06. The molecule has 0 aliphatic rings. The third-order valence-corrected chi connectivity index (χ3v) is 3.16. The van der Waals surface area contributed by atoms with Crippen molar-refractivity contribution >= 4 is 17.5 Å². The fraction of sp³-hybridized carbons (Fsp3) is 0.429. The highest BCUT2D eigenvalue weighted by Gasteiger charge is 2.09. The van der Waals surface area contributed by atoms with E-state index in [1.807, 2.05) is 24.3 Å². The SMILES string of the molecule is CCCNc1nsnc1-c1ccc(OCCC)cc1. The molecule has 0 radical (unpaired) electrons. The monoisotopic (exact) mass is 277 g/mol. The first-order chi connectivity index (χ1) is 9.35. The van der Waals surface area contributed by atoms with Crippen molar-refractivity contribution in [2.24, 2.45) is 0 Å². The summed E-state index contributed by atoms with van der Waals surface area (Å²) < 4.78 is 14.2. The van der Waals surface area contributed by atoms with Crippen LogP contribution in [0.2, 0.25) is 0 Å². The van der Waals surface area contributed by atoms with Gasteiger partial charge in [-0.3, -0.25) is 0 Å². The average molecular weight is 277 g/mol. The Morgan fingerprint density at radius 1 is 1.11 bits per heavy atom. The first-order valence-electron chi connectivity index (χ1n) is 6.64. The van der Waals surface area contributed by atoms with Gasteiger partial charge in [0.25, 0.3) is 0 Å². The van der Waals surface area contributed by atoms with E-state index in [2.05, 4.69) is 27.9 Å². The number of rotatable bonds is 7. The molecule has 0 fully saturated rings. The number of hydrogen-bond donors (Lipinski definition) is 1. The van der Waals surface area contributed by atoms with E-state index in [-0.39, 0.29) is 0 Å². The Labute approximate surface area is 118 Å². The van der Waals surface area contributed by atoms with Crippen molar-refractivity contribution in [2.75, 3.05) is 18.5 Å². The normalized spacial score (nSPS) is 10.4. The standard InChI is InChI=1S/C14H19N3OS/c1-3-9-15-14-13(16-19-17-14)11-5-7-12(8-6-11)18-10-4-2/h5-8H,3-4,9-10H2,1-2H3,(H,15,17). The number of ether oxygens (including phenoxy) is 1. The maximum atomic E-state index is 5.57. The second kappa shape index (κ2) is 7.09. The molecule has 0 unspecified atom stereocenters. The lowest BCUT2D eigenvalue weighted by Crippen LogP contribution is -2.01. The molecule has 0 spiro atoms. The van der Waals surface area contributed by atoms with Crippen molar-refractivity contribution in [3.8, 4) is 17.0 Å². The fourth-order valence-electron chi connectivity index (χ4n) is 1.67. The van der Waals surface area contributed by atoms with Crippen molar-refractivity contribution in [2.45, 2.75) is 26.7 Å². The molecule has 1 N–H and O–H groups in total. The second-order valence-electron chi connectivity index (χ2n) is 4.26. The summed E-state index contributed by atoms with van der Waals surface area (Å²) in [5, 5.41) is 3.30. The molecule has 2 aromatic rings. The molecule has 5 heteroatoms. The lowest BCUT2D eigenvalue weighted by molar-refractivity contribution is 0.317. The molecule has 0 aliphatic heterocycles. The quantitative estimate of drug-likeness (QED) is 0.836. The molecule has 0 atom stereocenters. The fourth-order valence-corrected chi connectivity index (χ4v) is 2.21. The molecule has 4 nitrogen and oxygen atoms in total. The number of nitrogens with one attached hydrogen (secondary N) is 1. The van der Waals surface area contributed by atoms with E-state index in [1.165, 1.54) is 11.7 Å². The van der Waals surface area contributed by atoms with E-state index in [4.69, 9.17) is 4.74 Å². The molecule has 0 saturated carbocycles. The van der Waals surface area contributed by atoms with Gasteiger partial charge in [-0.05, 0) is 37.1 Å². The molecule has 2 rings (SSSR count). The van der Waals surface area contributed by atoms with Crippen molar-refractivity contribution in [1.82, 2.24) is 8.75 Å². The van der Waals surface area contributed by atoms with Crippen LogP contribution in [0.1, 0.15) is 26.7 Å². The summed E-state index contributed by atoms with van der Waals surface area (Å²) in [6.45, 7) is 5.89. The molecule has 1 aromatic heterocycles. The molecular formula is C14H19N3OS. The summed E-state index contributed by atoms with van der Waals surface area (Å²) in [5.74, 6) is 1.77. The van der Waals surface area contributed by atoms with Crippen LogP contribution in [-0.4, -0.2) is 21.9 Å². The molecule has 1 heterocycles. The highest BCUT2D eigenvalue weighted by Crippen LogP contribution is 2.27. The van der Waals surface area contributed by atoms with E-state index >= 15 is 0 Å². The van der Waals surface area contributed by atoms with Crippen LogP contribution in [0.4, 0.5) is 5.82 Å². The first kappa shape index (κ1) is 13.8. The number of hydrogen-bond acceptors (Lipinski definition) is 5. The second-order valence-corrected chi connectivity index (χ2v) is 4.79. The number of anilines is 1. The van der Waals surface area contributed by atoms with E-state index in [9.17, 15) is 0 Å². The van der Waals surface area contributed by atoms with Gasteiger partial charge in [-0.15, -0.1) is 0 Å². The third-order valence-electron chi connectivity index (χ3n) is 2.63. The molecule has 0 aliphatic carbocycles. The van der Waals surface area contributed by atoms with Gasteiger partial charge in [0.15, 0.2) is 5.82 Å². The van der Waals surface area contributed by atoms with Crippen LogP contribution in [0.25, 0.3) is 11.3 Å². The maximum absolute atomic E-state index is 5.57. The van der Waals surface area contributed by atoms with Crippen molar-refractivity contribution in [3.05, 3.63) is 24.3 Å². The van der Waals surface area contributed by atoms with Crippen LogP contribution in [0.5, 0.6) is 5.75 Å². The molecular weight excluding hydrogens is 258 g/mol. The Balaban J connectivity index is 2.11. The van der Waals surface area contributed by atoms with Crippen LogP contribution in [0.15, 0.2) is 24.3 Å². The maximum Gasteiger partial charge on any atom is 0.168 e. The van der Waals surface area contributed by atoms with Gasteiger partial charge in [-0.25, -0.2) is 0 Å². The number of benzene rings is 1. The summed E-state index contributed by atoms with van der Waals surface area (Å²) in [4.78, 5) is 0. The predicted octanol–water partition coefficient (Wildman–Crippen LogP) is 3.82. The largest absolute Gasteiger partial charge is 0.494 e. The van der Waals surface area contributed by atoms with Crippen LogP contribution in [-0.2, 0) is 0 Å². The summed E-state index contributed by atoms with van der Waals surface area (Å²) in [7, 11) is 0. The summed E-state index contributed by atoms with van der Waals surface area (Å²) >= 11 is 1.24. The van der Waals surface area contributed by atoms with Gasteiger partial charge in [0.2, 0.25) is 0 Å². The highest BCUT2D eigenvalue weighted by molar-refractivity contribution is 6.99. The zero-order chi connectivity index (χ0) is 13.5. The van der Waals surface area contributed by atoms with E-state index < -0.39 is 0 Å². The van der Waals surface area contributed by atoms with Gasteiger partial charge in [0, 0.05) is 12.1 Å². The Bertz CT molecular complexity index is 496. The van der Waals surface area contributed by atoms with Crippen molar-refractivity contribution in [3.63, 3.8) is 0 Å². The van der Waals surface area contributed by atoms with Crippen LogP contribution < -0.4 is 10.1 Å². The predicted molar refractivity (Wildman–Crippen MR) is 79.9 cm³/mol. The van der Waals surface area contributed by atoms with Gasteiger partial charge < -0.3 is 10.1 Å². The zero-order valence-electron chi connectivity index (χ0n) is 11.3. The smallest absolute Gasteiger partial charge is 0.168 e. The van der Waals surface area contributed by atoms with Gasteiger partial charge in [0.05, 0.1) is 18.3 Å². The minimum Gasteiger partial charge on any atom is -0.494 e. The van der Waals surface area contributed by atoms with Crippen LogP contribution in [0.3, 0.4) is 0 Å². The lowest BCUT2D eigenvalue weighted by atomic mass is 10.1. The van der Waals surface area contributed by atoms with E-state index in [0.29, 0.717) is 0 Å². The molecule has 0 saturated heterocycles. The molecule has 102 valence electrons. The van der Waals surface area contributed by atoms with Crippen LogP contribution in [0, 0.1) is 0 Å². The molecule has 0 amide bonds. The van der Waals surface area contributed by atoms with Gasteiger partial charge in [-0.1, -0.05) is 13.8 Å². The summed E-state index contributed by atoms with van der Waals surface area (Å²) in [6, 6.07) is 8.01. The minimum atomic E-state index is 0.751. The van der Waals surface area contributed by atoms with Gasteiger partial charge >= 0.3 is 0 Å². The van der Waals surface area contributed by atoms with E-state index in [1.54, 1.807) is 0 Å². The zero-order valence-corrected chi connectivity index (χ0v) is 12.2. The van der Waals surface area contributed by atoms with Gasteiger partial charge in [0.1, 0.15) is 11.4 Å². The summed E-state index contributed by atoms with van der Waals surface area (Å²) in [5.41, 5.74) is 1.98. The Kier molecular flexibility index (Phi) is 5.15. The minimum absolute atomic E-state index is 0.751.